The molecule has 1 aliphatic rings. The van der Waals surface area contributed by atoms with Gasteiger partial charge in [-0.3, -0.25) is 0 Å². The lowest BCUT2D eigenvalue weighted by Crippen LogP contribution is -2.39. The van der Waals surface area contributed by atoms with E-state index < -0.39 is 16.0 Å². The zero-order chi connectivity index (χ0) is 15.8. The number of hydrogen-bond acceptors (Lipinski definition) is 4. The van der Waals surface area contributed by atoms with Crippen molar-refractivity contribution in [1.82, 2.24) is 4.31 Å². The lowest BCUT2D eigenvalue weighted by atomic mass is 9.82. The zero-order valence-electron chi connectivity index (χ0n) is 11.4. The van der Waals surface area contributed by atoms with Crippen LogP contribution in [-0.4, -0.2) is 48.6 Å². The van der Waals surface area contributed by atoms with Crippen LogP contribution in [0.4, 0.5) is 0 Å². The van der Waals surface area contributed by atoms with E-state index in [2.05, 4.69) is 15.9 Å². The van der Waals surface area contributed by atoms with Crippen LogP contribution >= 0.6 is 15.9 Å². The molecule has 1 aromatic rings. The van der Waals surface area contributed by atoms with E-state index in [-0.39, 0.29) is 27.0 Å². The molecule has 2 N–H and O–H groups in total. The summed E-state index contributed by atoms with van der Waals surface area (Å²) in [4.78, 5) is 10.9. The predicted octanol–water partition coefficient (Wildman–Crippen LogP) is 1.54. The first-order chi connectivity index (χ1) is 9.71. The molecule has 6 nitrogen and oxygen atoms in total. The Kier molecular flexibility index (Phi) is 4.72. The quantitative estimate of drug-likeness (QED) is 0.811. The number of carboxylic acid groups (broad SMARTS) is 1. The lowest BCUT2D eigenvalue weighted by molar-refractivity contribution is 0.0367. The van der Waals surface area contributed by atoms with Crippen molar-refractivity contribution in [2.75, 3.05) is 13.6 Å². The van der Waals surface area contributed by atoms with Gasteiger partial charge < -0.3 is 10.2 Å². The summed E-state index contributed by atoms with van der Waals surface area (Å²) in [5.41, 5.74) is 0.0191. The molecule has 0 bridgehead atoms. The van der Waals surface area contributed by atoms with Gasteiger partial charge in [0.2, 0.25) is 10.0 Å². The summed E-state index contributed by atoms with van der Waals surface area (Å²) < 4.78 is 26.4. The van der Waals surface area contributed by atoms with Crippen LogP contribution in [0.15, 0.2) is 27.6 Å². The molecular formula is C13H16BrNO5S. The number of carbonyl (C=O) groups is 1. The zero-order valence-corrected chi connectivity index (χ0v) is 13.8. The number of aliphatic hydroxyl groups excluding tert-OH is 1. The minimum atomic E-state index is -3.69. The Morgan fingerprint density at radius 2 is 2.05 bits per heavy atom. The number of carboxylic acids is 1. The van der Waals surface area contributed by atoms with E-state index in [0.29, 0.717) is 19.4 Å². The number of benzene rings is 1. The van der Waals surface area contributed by atoms with Crippen molar-refractivity contribution >= 4 is 31.9 Å². The SMILES string of the molecule is CN(CC1CC(O)C1)S(=O)(=O)c1ccc(C(=O)O)cc1Br. The molecule has 21 heavy (non-hydrogen) atoms. The topological polar surface area (TPSA) is 94.9 Å². The smallest absolute Gasteiger partial charge is 0.335 e. The molecule has 0 radical (unpaired) electrons. The van der Waals surface area contributed by atoms with Gasteiger partial charge in [-0.2, -0.15) is 0 Å². The standard InChI is InChI=1S/C13H16BrNO5S/c1-15(7-8-4-10(16)5-8)21(19,20)12-3-2-9(13(17)18)6-11(12)14/h2-3,6,8,10,16H,4-5,7H2,1H3,(H,17,18). The van der Waals surface area contributed by atoms with Gasteiger partial charge in [0.15, 0.2) is 0 Å². The van der Waals surface area contributed by atoms with Crippen LogP contribution in [-0.2, 0) is 10.0 Å². The summed E-state index contributed by atoms with van der Waals surface area (Å²) in [7, 11) is -2.21. The summed E-state index contributed by atoms with van der Waals surface area (Å²) in [6, 6.07) is 3.83. The highest BCUT2D eigenvalue weighted by Gasteiger charge is 2.32. The van der Waals surface area contributed by atoms with Gasteiger partial charge in [0.05, 0.1) is 16.6 Å². The summed E-state index contributed by atoms with van der Waals surface area (Å²) in [5.74, 6) is -0.951. The fourth-order valence-electron chi connectivity index (χ4n) is 2.32. The Hall–Kier alpha value is -0.960. The number of nitrogens with zero attached hydrogens (tertiary/aromatic N) is 1. The van der Waals surface area contributed by atoms with Crippen LogP contribution in [0.25, 0.3) is 0 Å². The maximum atomic E-state index is 12.5. The molecule has 0 aromatic heterocycles. The molecule has 0 aliphatic heterocycles. The lowest BCUT2D eigenvalue weighted by Gasteiger charge is -2.34. The molecule has 0 heterocycles. The average Bonchev–Trinajstić information content (AvgIpc) is 2.36. The number of hydrogen-bond donors (Lipinski definition) is 2. The third-order valence-corrected chi connectivity index (χ3v) is 6.39. The van der Waals surface area contributed by atoms with E-state index in [1.54, 1.807) is 0 Å². The summed E-state index contributed by atoms with van der Waals surface area (Å²) in [6.07, 6.45) is 0.894. The van der Waals surface area contributed by atoms with Crippen LogP contribution in [0.2, 0.25) is 0 Å². The van der Waals surface area contributed by atoms with Crippen molar-refractivity contribution in [2.45, 2.75) is 23.8 Å². The highest BCUT2D eigenvalue weighted by molar-refractivity contribution is 9.10. The second-order valence-electron chi connectivity index (χ2n) is 5.23. The normalized spacial score (nSPS) is 22.1. The monoisotopic (exact) mass is 377 g/mol. The number of sulfonamides is 1. The summed E-state index contributed by atoms with van der Waals surface area (Å²) in [6.45, 7) is 0.340. The van der Waals surface area contributed by atoms with Crippen LogP contribution < -0.4 is 0 Å². The molecule has 2 rings (SSSR count). The van der Waals surface area contributed by atoms with E-state index >= 15 is 0 Å². The number of aliphatic hydroxyl groups is 1. The fourth-order valence-corrected chi connectivity index (χ4v) is 4.60. The van der Waals surface area contributed by atoms with Crippen molar-refractivity contribution in [1.29, 1.82) is 0 Å². The Balaban J connectivity index is 2.20. The first-order valence-electron chi connectivity index (χ1n) is 6.39. The predicted molar refractivity (Wildman–Crippen MR) is 79.6 cm³/mol. The van der Waals surface area contributed by atoms with E-state index in [1.807, 2.05) is 0 Å². The Labute approximate surface area is 131 Å². The molecule has 116 valence electrons. The third-order valence-electron chi connectivity index (χ3n) is 3.59. The van der Waals surface area contributed by atoms with Gasteiger partial charge in [0.25, 0.3) is 0 Å². The van der Waals surface area contributed by atoms with Gasteiger partial charge in [-0.05, 0) is 52.9 Å². The van der Waals surface area contributed by atoms with Crippen LogP contribution in [0.1, 0.15) is 23.2 Å². The van der Waals surface area contributed by atoms with Crippen molar-refractivity contribution in [3.05, 3.63) is 28.2 Å². The molecule has 1 fully saturated rings. The van der Waals surface area contributed by atoms with Crippen LogP contribution in [0, 0.1) is 5.92 Å². The Bertz CT molecular complexity index is 655. The maximum absolute atomic E-state index is 12.5. The second kappa shape index (κ2) is 6.04. The molecule has 1 saturated carbocycles. The fraction of sp³-hybridized carbons (Fsp3) is 0.462. The number of aromatic carboxylic acids is 1. The minimum Gasteiger partial charge on any atom is -0.478 e. The highest BCUT2D eigenvalue weighted by atomic mass is 79.9. The maximum Gasteiger partial charge on any atom is 0.335 e. The largest absolute Gasteiger partial charge is 0.478 e. The summed E-state index contributed by atoms with van der Waals surface area (Å²) in [5, 5.41) is 18.1. The summed E-state index contributed by atoms with van der Waals surface area (Å²) >= 11 is 3.12. The molecular weight excluding hydrogens is 362 g/mol. The van der Waals surface area contributed by atoms with Gasteiger partial charge in [0, 0.05) is 18.1 Å². The minimum absolute atomic E-state index is 0.0191. The van der Waals surface area contributed by atoms with Gasteiger partial charge in [-0.25, -0.2) is 17.5 Å². The third kappa shape index (κ3) is 3.45. The molecule has 0 saturated heterocycles. The average molecular weight is 378 g/mol. The van der Waals surface area contributed by atoms with Crippen LogP contribution in [0.5, 0.6) is 0 Å². The van der Waals surface area contributed by atoms with Gasteiger partial charge in [-0.1, -0.05) is 0 Å². The van der Waals surface area contributed by atoms with E-state index in [4.69, 9.17) is 5.11 Å². The first kappa shape index (κ1) is 16.4. The Morgan fingerprint density at radius 1 is 1.43 bits per heavy atom. The molecule has 0 atom stereocenters. The molecule has 0 unspecified atom stereocenters. The van der Waals surface area contributed by atoms with Crippen molar-refractivity contribution < 1.29 is 23.4 Å². The van der Waals surface area contributed by atoms with Gasteiger partial charge >= 0.3 is 5.97 Å². The molecule has 1 aromatic carbocycles. The van der Waals surface area contributed by atoms with Crippen molar-refractivity contribution in [3.63, 3.8) is 0 Å². The van der Waals surface area contributed by atoms with E-state index in [1.165, 1.54) is 29.6 Å². The Morgan fingerprint density at radius 3 is 2.52 bits per heavy atom. The highest BCUT2D eigenvalue weighted by Crippen LogP contribution is 2.31. The number of rotatable bonds is 5. The molecule has 0 spiro atoms. The number of halogens is 1. The van der Waals surface area contributed by atoms with Gasteiger partial charge in [0.1, 0.15) is 0 Å². The first-order valence-corrected chi connectivity index (χ1v) is 8.62. The van der Waals surface area contributed by atoms with Crippen molar-refractivity contribution in [2.24, 2.45) is 5.92 Å². The van der Waals surface area contributed by atoms with Gasteiger partial charge in [-0.15, -0.1) is 0 Å². The second-order valence-corrected chi connectivity index (χ2v) is 8.09. The molecule has 1 aliphatic carbocycles. The van der Waals surface area contributed by atoms with Crippen molar-refractivity contribution in [3.8, 4) is 0 Å². The van der Waals surface area contributed by atoms with E-state index in [0.717, 1.165) is 0 Å². The van der Waals surface area contributed by atoms with E-state index in [9.17, 15) is 18.3 Å². The van der Waals surface area contributed by atoms with Crippen LogP contribution in [0.3, 0.4) is 0 Å². The molecule has 0 amide bonds. The molecule has 8 heteroatoms.